The third-order valence-corrected chi connectivity index (χ3v) is 4.36. The molecule has 7 heteroatoms. The van der Waals surface area contributed by atoms with E-state index in [2.05, 4.69) is 10.4 Å². The van der Waals surface area contributed by atoms with Crippen LogP contribution in [0.2, 0.25) is 0 Å². The molecular weight excluding hydrogens is 346 g/mol. The summed E-state index contributed by atoms with van der Waals surface area (Å²) in [4.78, 5) is 25.0. The van der Waals surface area contributed by atoms with Crippen molar-refractivity contribution in [2.45, 2.75) is 40.7 Å². The molecule has 146 valence electrons. The van der Waals surface area contributed by atoms with Gasteiger partial charge in [-0.2, -0.15) is 5.10 Å². The van der Waals surface area contributed by atoms with E-state index in [9.17, 15) is 9.59 Å². The fourth-order valence-corrected chi connectivity index (χ4v) is 2.90. The van der Waals surface area contributed by atoms with Gasteiger partial charge in [0.2, 0.25) is 0 Å². The quantitative estimate of drug-likeness (QED) is 0.568. The molecule has 2 rings (SSSR count). The molecule has 0 radical (unpaired) electrons. The summed E-state index contributed by atoms with van der Waals surface area (Å²) in [5, 5.41) is 6.95. The summed E-state index contributed by atoms with van der Waals surface area (Å²) in [5.41, 5.74) is 2.38. The Morgan fingerprint density at radius 2 is 1.78 bits per heavy atom. The molecule has 1 atom stereocenters. The topological polar surface area (TPSA) is 82.5 Å². The van der Waals surface area contributed by atoms with Crippen LogP contribution in [0.25, 0.3) is 0 Å². The van der Waals surface area contributed by atoms with Gasteiger partial charge in [0.05, 0.1) is 30.5 Å². The summed E-state index contributed by atoms with van der Waals surface area (Å²) in [6.45, 7) is 10.1. The van der Waals surface area contributed by atoms with E-state index in [4.69, 9.17) is 9.47 Å². The summed E-state index contributed by atoms with van der Waals surface area (Å²) in [6, 6.07) is 5.12. The molecule has 0 aliphatic heterocycles. The predicted octanol–water partition coefficient (Wildman–Crippen LogP) is 2.89. The zero-order chi connectivity index (χ0) is 20.1. The fourth-order valence-electron chi connectivity index (χ4n) is 2.90. The summed E-state index contributed by atoms with van der Waals surface area (Å²) >= 11 is 0. The predicted molar refractivity (Wildman–Crippen MR) is 102 cm³/mol. The molecule has 0 aliphatic rings. The minimum absolute atomic E-state index is 0.351. The van der Waals surface area contributed by atoms with Gasteiger partial charge in [0, 0.05) is 12.7 Å². The van der Waals surface area contributed by atoms with E-state index in [0.29, 0.717) is 41.7 Å². The van der Waals surface area contributed by atoms with Gasteiger partial charge in [-0.15, -0.1) is 0 Å². The molecule has 1 aromatic carbocycles. The van der Waals surface area contributed by atoms with Crippen LogP contribution >= 0.6 is 0 Å². The smallest absolute Gasteiger partial charge is 0.293 e. The average molecular weight is 373 g/mol. The first-order valence-electron chi connectivity index (χ1n) is 9.05. The number of ketones is 1. The maximum atomic E-state index is 12.6. The standard InChI is InChI=1S/C20H27N3O4/c1-7-26-16-10-9-15(11-17(16)27-8-2)12(3)21-20(25)19(24)18-13(4)22-23(6)14(18)5/h9-12H,7-8H2,1-6H3,(H,21,25). The van der Waals surface area contributed by atoms with Crippen LogP contribution in [0.3, 0.4) is 0 Å². The van der Waals surface area contributed by atoms with Crippen LogP contribution < -0.4 is 14.8 Å². The Bertz CT molecular complexity index is 842. The molecule has 1 amide bonds. The van der Waals surface area contributed by atoms with E-state index >= 15 is 0 Å². The first kappa shape index (κ1) is 20.5. The number of benzene rings is 1. The summed E-state index contributed by atoms with van der Waals surface area (Å²) < 4.78 is 12.8. The Balaban J connectivity index is 2.18. The lowest BCUT2D eigenvalue weighted by Crippen LogP contribution is -2.33. The number of nitrogens with one attached hydrogen (secondary N) is 1. The highest BCUT2D eigenvalue weighted by atomic mass is 16.5. The van der Waals surface area contributed by atoms with Gasteiger partial charge >= 0.3 is 0 Å². The van der Waals surface area contributed by atoms with E-state index in [1.807, 2.05) is 39.0 Å². The van der Waals surface area contributed by atoms with Gasteiger partial charge in [0.25, 0.3) is 11.7 Å². The second-order valence-corrected chi connectivity index (χ2v) is 6.27. The van der Waals surface area contributed by atoms with Gasteiger partial charge in [-0.05, 0) is 52.3 Å². The molecular formula is C20H27N3O4. The Kier molecular flexibility index (Phi) is 6.60. The number of rotatable bonds is 8. The first-order valence-corrected chi connectivity index (χ1v) is 9.05. The van der Waals surface area contributed by atoms with Gasteiger partial charge in [-0.3, -0.25) is 14.3 Å². The van der Waals surface area contributed by atoms with Crippen LogP contribution in [0.4, 0.5) is 0 Å². The van der Waals surface area contributed by atoms with Crippen molar-refractivity contribution < 1.29 is 19.1 Å². The number of amides is 1. The second kappa shape index (κ2) is 8.70. The highest BCUT2D eigenvalue weighted by Crippen LogP contribution is 2.30. The number of aryl methyl sites for hydroxylation is 2. The monoisotopic (exact) mass is 373 g/mol. The lowest BCUT2D eigenvalue weighted by atomic mass is 10.1. The van der Waals surface area contributed by atoms with E-state index in [0.717, 1.165) is 5.56 Å². The van der Waals surface area contributed by atoms with Gasteiger partial charge in [0.15, 0.2) is 11.5 Å². The summed E-state index contributed by atoms with van der Waals surface area (Å²) in [5.74, 6) is 0.0250. The molecule has 2 aromatic rings. The van der Waals surface area contributed by atoms with Crippen LogP contribution in [-0.2, 0) is 11.8 Å². The van der Waals surface area contributed by atoms with Crippen molar-refractivity contribution in [2.24, 2.45) is 7.05 Å². The normalized spacial score (nSPS) is 11.8. The van der Waals surface area contributed by atoms with Crippen molar-refractivity contribution in [3.63, 3.8) is 0 Å². The van der Waals surface area contributed by atoms with Crippen molar-refractivity contribution in [3.05, 3.63) is 40.7 Å². The Morgan fingerprint density at radius 3 is 2.33 bits per heavy atom. The van der Waals surface area contributed by atoms with Gasteiger partial charge < -0.3 is 14.8 Å². The number of ether oxygens (including phenoxy) is 2. The van der Waals surface area contributed by atoms with Crippen LogP contribution in [0.1, 0.15) is 54.1 Å². The zero-order valence-corrected chi connectivity index (χ0v) is 16.8. The van der Waals surface area contributed by atoms with Gasteiger partial charge in [-0.25, -0.2) is 0 Å². The van der Waals surface area contributed by atoms with Crippen molar-refractivity contribution in [3.8, 4) is 11.5 Å². The molecule has 0 spiro atoms. The van der Waals surface area contributed by atoms with Crippen LogP contribution in [0.15, 0.2) is 18.2 Å². The van der Waals surface area contributed by atoms with E-state index in [1.54, 1.807) is 25.6 Å². The van der Waals surface area contributed by atoms with Crippen molar-refractivity contribution in [2.75, 3.05) is 13.2 Å². The third kappa shape index (κ3) is 4.48. The maximum Gasteiger partial charge on any atom is 0.293 e. The number of carbonyl (C=O) groups excluding carboxylic acids is 2. The molecule has 27 heavy (non-hydrogen) atoms. The van der Waals surface area contributed by atoms with E-state index in [-0.39, 0.29) is 6.04 Å². The molecule has 0 saturated heterocycles. The number of hydrogen-bond acceptors (Lipinski definition) is 5. The first-order chi connectivity index (χ1) is 12.8. The fraction of sp³-hybridized carbons (Fsp3) is 0.450. The molecule has 1 unspecified atom stereocenters. The number of Topliss-reactive ketones (excluding diaryl/α,β-unsaturated/α-hetero) is 1. The molecule has 0 fully saturated rings. The lowest BCUT2D eigenvalue weighted by molar-refractivity contribution is -0.117. The minimum Gasteiger partial charge on any atom is -0.490 e. The highest BCUT2D eigenvalue weighted by Gasteiger charge is 2.25. The Morgan fingerprint density at radius 1 is 1.15 bits per heavy atom. The molecule has 1 N–H and O–H groups in total. The minimum atomic E-state index is -0.659. The zero-order valence-electron chi connectivity index (χ0n) is 16.8. The maximum absolute atomic E-state index is 12.6. The molecule has 0 bridgehead atoms. The van der Waals surface area contributed by atoms with E-state index in [1.165, 1.54) is 0 Å². The lowest BCUT2D eigenvalue weighted by Gasteiger charge is -2.17. The largest absolute Gasteiger partial charge is 0.490 e. The third-order valence-electron chi connectivity index (χ3n) is 4.36. The van der Waals surface area contributed by atoms with Crippen LogP contribution in [-0.4, -0.2) is 34.7 Å². The summed E-state index contributed by atoms with van der Waals surface area (Å²) in [7, 11) is 1.74. The number of aromatic nitrogens is 2. The average Bonchev–Trinajstić information content (AvgIpc) is 2.88. The molecule has 0 aliphatic carbocycles. The van der Waals surface area contributed by atoms with Crippen LogP contribution in [0, 0.1) is 13.8 Å². The molecule has 1 aromatic heterocycles. The molecule has 0 saturated carbocycles. The number of nitrogens with zero attached hydrogens (tertiary/aromatic N) is 2. The van der Waals surface area contributed by atoms with Crippen LogP contribution in [0.5, 0.6) is 11.5 Å². The number of carbonyl (C=O) groups is 2. The summed E-state index contributed by atoms with van der Waals surface area (Å²) in [6.07, 6.45) is 0. The number of hydrogen-bond donors (Lipinski definition) is 1. The Hall–Kier alpha value is -2.83. The van der Waals surface area contributed by atoms with Gasteiger partial charge in [-0.1, -0.05) is 6.07 Å². The SMILES string of the molecule is CCOc1ccc(C(C)NC(=O)C(=O)c2c(C)nn(C)c2C)cc1OCC. The second-order valence-electron chi connectivity index (χ2n) is 6.27. The van der Waals surface area contributed by atoms with Crippen molar-refractivity contribution >= 4 is 11.7 Å². The van der Waals surface area contributed by atoms with E-state index < -0.39 is 11.7 Å². The Labute approximate surface area is 159 Å². The highest BCUT2D eigenvalue weighted by molar-refractivity contribution is 6.43. The van der Waals surface area contributed by atoms with Gasteiger partial charge in [0.1, 0.15) is 0 Å². The molecule has 1 heterocycles. The van der Waals surface area contributed by atoms with Crippen molar-refractivity contribution in [1.29, 1.82) is 0 Å². The molecule has 7 nitrogen and oxygen atoms in total. The van der Waals surface area contributed by atoms with Crippen molar-refractivity contribution in [1.82, 2.24) is 15.1 Å².